The molecule has 1 saturated heterocycles. The quantitative estimate of drug-likeness (QED) is 0.812. The monoisotopic (exact) mass is 399 g/mol. The molecule has 1 aromatic heterocycles. The van der Waals surface area contributed by atoms with Gasteiger partial charge >= 0.3 is 0 Å². The zero-order valence-corrected chi connectivity index (χ0v) is 14.5. The van der Waals surface area contributed by atoms with E-state index in [9.17, 15) is 14.7 Å². The van der Waals surface area contributed by atoms with E-state index in [0.29, 0.717) is 33.4 Å². The van der Waals surface area contributed by atoms with E-state index in [1.54, 1.807) is 12.1 Å². The van der Waals surface area contributed by atoms with Crippen molar-refractivity contribution in [3.63, 3.8) is 0 Å². The highest BCUT2D eigenvalue weighted by atomic mass is 79.9. The fourth-order valence-electron chi connectivity index (χ4n) is 2.73. The molecule has 2 aromatic rings. The van der Waals surface area contributed by atoms with Crippen LogP contribution in [0.4, 0.5) is 0 Å². The van der Waals surface area contributed by atoms with Crippen molar-refractivity contribution in [1.29, 1.82) is 0 Å². The first-order valence-electron chi connectivity index (χ1n) is 7.23. The Bertz CT molecular complexity index is 823. The van der Waals surface area contributed by atoms with Crippen molar-refractivity contribution in [2.45, 2.75) is 31.5 Å². The Morgan fingerprint density at radius 3 is 3.00 bits per heavy atom. The van der Waals surface area contributed by atoms with Crippen molar-refractivity contribution in [3.8, 4) is 0 Å². The Morgan fingerprint density at radius 2 is 2.30 bits per heavy atom. The maximum absolute atomic E-state index is 12.5. The maximum atomic E-state index is 12.5. The summed E-state index contributed by atoms with van der Waals surface area (Å²) < 4.78 is 1.93. The van der Waals surface area contributed by atoms with Crippen LogP contribution < -0.4 is 10.9 Å². The van der Waals surface area contributed by atoms with Crippen molar-refractivity contribution < 1.29 is 9.90 Å². The number of halogens is 2. The number of hydrogen-bond donors (Lipinski definition) is 2. The number of aromatic nitrogens is 2. The van der Waals surface area contributed by atoms with Crippen LogP contribution in [0, 0.1) is 0 Å². The van der Waals surface area contributed by atoms with Gasteiger partial charge in [0.15, 0.2) is 5.78 Å². The van der Waals surface area contributed by atoms with Gasteiger partial charge in [0.05, 0.1) is 34.9 Å². The second-order valence-electron chi connectivity index (χ2n) is 5.62. The number of benzene rings is 1. The van der Waals surface area contributed by atoms with Crippen molar-refractivity contribution >= 4 is 44.2 Å². The third-order valence-electron chi connectivity index (χ3n) is 3.97. The van der Waals surface area contributed by atoms with Gasteiger partial charge in [-0.25, -0.2) is 4.98 Å². The Labute approximate surface area is 145 Å². The molecule has 1 aromatic carbocycles. The number of carbonyl (C=O) groups excluding carboxylic acids is 1. The summed E-state index contributed by atoms with van der Waals surface area (Å²) in [5.41, 5.74) is 0.209. The molecular weight excluding hydrogens is 386 g/mol. The normalized spacial score (nSPS) is 21.0. The van der Waals surface area contributed by atoms with Gasteiger partial charge in [0.1, 0.15) is 0 Å². The van der Waals surface area contributed by atoms with Gasteiger partial charge in [-0.15, -0.1) is 0 Å². The molecular formula is C15H15BrClN3O3. The van der Waals surface area contributed by atoms with Gasteiger partial charge in [0.25, 0.3) is 5.56 Å². The van der Waals surface area contributed by atoms with Crippen LogP contribution >= 0.6 is 27.5 Å². The number of rotatable bonds is 4. The van der Waals surface area contributed by atoms with E-state index in [1.165, 1.54) is 10.9 Å². The van der Waals surface area contributed by atoms with E-state index in [-0.39, 0.29) is 30.3 Å². The van der Waals surface area contributed by atoms with Gasteiger partial charge < -0.3 is 10.4 Å². The van der Waals surface area contributed by atoms with Crippen LogP contribution in [-0.4, -0.2) is 39.1 Å². The van der Waals surface area contributed by atoms with E-state index in [2.05, 4.69) is 26.2 Å². The zero-order chi connectivity index (χ0) is 16.6. The Kier molecular flexibility index (Phi) is 4.82. The first-order chi connectivity index (χ1) is 11.0. The molecule has 23 heavy (non-hydrogen) atoms. The third kappa shape index (κ3) is 3.47. The fraction of sp³-hybridized carbons (Fsp3) is 0.400. The molecule has 0 spiro atoms. The number of nitrogens with zero attached hydrogens (tertiary/aromatic N) is 2. The Morgan fingerprint density at radius 1 is 1.52 bits per heavy atom. The molecule has 1 fully saturated rings. The van der Waals surface area contributed by atoms with Crippen LogP contribution in [0.3, 0.4) is 0 Å². The van der Waals surface area contributed by atoms with Crippen LogP contribution in [0.5, 0.6) is 0 Å². The molecule has 2 unspecified atom stereocenters. The van der Waals surface area contributed by atoms with Crippen molar-refractivity contribution in [2.24, 2.45) is 0 Å². The highest BCUT2D eigenvalue weighted by Crippen LogP contribution is 2.25. The van der Waals surface area contributed by atoms with E-state index < -0.39 is 6.10 Å². The summed E-state index contributed by atoms with van der Waals surface area (Å²) in [6, 6.07) is 2.97. The summed E-state index contributed by atoms with van der Waals surface area (Å²) >= 11 is 9.31. The summed E-state index contributed by atoms with van der Waals surface area (Å²) in [4.78, 5) is 28.8. The molecule has 0 amide bonds. The lowest BCUT2D eigenvalue weighted by molar-refractivity contribution is -0.120. The third-order valence-corrected chi connectivity index (χ3v) is 5.17. The molecule has 0 bridgehead atoms. The summed E-state index contributed by atoms with van der Waals surface area (Å²) in [5.74, 6) is -0.130. The van der Waals surface area contributed by atoms with Crippen molar-refractivity contribution in [1.82, 2.24) is 14.9 Å². The largest absolute Gasteiger partial charge is 0.391 e. The minimum absolute atomic E-state index is 0.0691. The highest BCUT2D eigenvalue weighted by Gasteiger charge is 2.26. The molecule has 0 radical (unpaired) electrons. The molecule has 0 saturated carbocycles. The number of aliphatic hydroxyl groups excluding tert-OH is 1. The van der Waals surface area contributed by atoms with Crippen LogP contribution in [0.2, 0.25) is 5.02 Å². The summed E-state index contributed by atoms with van der Waals surface area (Å²) in [6.07, 6.45) is 1.68. The molecule has 6 nitrogen and oxygen atoms in total. The predicted octanol–water partition coefficient (Wildman–Crippen LogP) is 1.49. The number of Topliss-reactive ketones (excluding diaryl/α,β-unsaturated/α-hetero) is 1. The second-order valence-corrected chi connectivity index (χ2v) is 6.88. The molecule has 2 N–H and O–H groups in total. The molecule has 2 atom stereocenters. The Balaban J connectivity index is 1.83. The zero-order valence-electron chi connectivity index (χ0n) is 12.1. The van der Waals surface area contributed by atoms with Gasteiger partial charge in [-0.2, -0.15) is 0 Å². The SMILES string of the molecule is O=C(CC1NCCC1O)Cn1cnc2cc(Br)c(Cl)cc2c1=O. The van der Waals surface area contributed by atoms with Gasteiger partial charge in [-0.05, 0) is 41.0 Å². The maximum Gasteiger partial charge on any atom is 0.261 e. The molecule has 1 aliphatic rings. The lowest BCUT2D eigenvalue weighted by Gasteiger charge is -2.14. The van der Waals surface area contributed by atoms with E-state index >= 15 is 0 Å². The van der Waals surface area contributed by atoms with Gasteiger partial charge in [0.2, 0.25) is 0 Å². The van der Waals surface area contributed by atoms with Gasteiger partial charge in [-0.3, -0.25) is 14.2 Å². The minimum Gasteiger partial charge on any atom is -0.391 e. The first-order valence-corrected chi connectivity index (χ1v) is 8.40. The fourth-order valence-corrected chi connectivity index (χ4v) is 3.22. The second kappa shape index (κ2) is 6.68. The van der Waals surface area contributed by atoms with Crippen molar-refractivity contribution in [2.75, 3.05) is 6.54 Å². The molecule has 3 rings (SSSR count). The lowest BCUT2D eigenvalue weighted by Crippen LogP contribution is -2.34. The number of nitrogens with one attached hydrogen (secondary N) is 1. The average molecular weight is 401 g/mol. The smallest absolute Gasteiger partial charge is 0.261 e. The van der Waals surface area contributed by atoms with Crippen LogP contribution in [0.15, 0.2) is 27.7 Å². The van der Waals surface area contributed by atoms with Gasteiger partial charge in [0, 0.05) is 16.9 Å². The summed E-state index contributed by atoms with van der Waals surface area (Å²) in [6.45, 7) is 0.629. The summed E-state index contributed by atoms with van der Waals surface area (Å²) in [7, 11) is 0. The van der Waals surface area contributed by atoms with Crippen LogP contribution in [0.25, 0.3) is 10.9 Å². The molecule has 8 heteroatoms. The lowest BCUT2D eigenvalue weighted by atomic mass is 10.1. The standard InChI is InChI=1S/C15H15BrClN3O3/c16-10-5-12-9(4-11(10)17)15(23)20(7-19-12)6-8(21)3-13-14(22)1-2-18-13/h4-5,7,13-14,18,22H,1-3,6H2. The molecule has 1 aliphatic heterocycles. The van der Waals surface area contributed by atoms with Crippen LogP contribution in [0.1, 0.15) is 12.8 Å². The molecule has 122 valence electrons. The number of aliphatic hydroxyl groups is 1. The first kappa shape index (κ1) is 16.6. The topological polar surface area (TPSA) is 84.2 Å². The van der Waals surface area contributed by atoms with Crippen LogP contribution in [-0.2, 0) is 11.3 Å². The van der Waals surface area contributed by atoms with E-state index in [1.807, 2.05) is 0 Å². The average Bonchev–Trinajstić information content (AvgIpc) is 2.89. The molecule has 0 aliphatic carbocycles. The number of carbonyl (C=O) groups is 1. The van der Waals surface area contributed by atoms with E-state index in [0.717, 1.165) is 0 Å². The van der Waals surface area contributed by atoms with Gasteiger partial charge in [-0.1, -0.05) is 11.6 Å². The van der Waals surface area contributed by atoms with Crippen molar-refractivity contribution in [3.05, 3.63) is 38.3 Å². The number of fused-ring (bicyclic) bond motifs is 1. The number of hydrogen-bond acceptors (Lipinski definition) is 5. The molecule has 2 heterocycles. The number of ketones is 1. The minimum atomic E-state index is -0.512. The highest BCUT2D eigenvalue weighted by molar-refractivity contribution is 9.10. The Hall–Kier alpha value is -1.28. The summed E-state index contributed by atoms with van der Waals surface area (Å²) in [5, 5.41) is 13.6. The van der Waals surface area contributed by atoms with E-state index in [4.69, 9.17) is 11.6 Å². The predicted molar refractivity (Wildman–Crippen MR) is 90.8 cm³/mol.